The summed E-state index contributed by atoms with van der Waals surface area (Å²) in [7, 11) is 2.20. The fraction of sp³-hybridized carbons (Fsp3) is 0.625. The molecular formula is C16H24Cl2N2. The smallest absolute Gasteiger partial charge is 0.0595 e. The van der Waals surface area contributed by atoms with E-state index < -0.39 is 0 Å². The Labute approximate surface area is 132 Å². The summed E-state index contributed by atoms with van der Waals surface area (Å²) >= 11 is 12.2. The number of halogens is 2. The Bertz CT molecular complexity index is 448. The van der Waals surface area contributed by atoms with Crippen LogP contribution in [0.25, 0.3) is 0 Å². The van der Waals surface area contributed by atoms with Gasteiger partial charge in [-0.25, -0.2) is 0 Å². The van der Waals surface area contributed by atoms with Gasteiger partial charge in [0.15, 0.2) is 0 Å². The van der Waals surface area contributed by atoms with Gasteiger partial charge in [-0.2, -0.15) is 0 Å². The lowest BCUT2D eigenvalue weighted by molar-refractivity contribution is 0.118. The molecule has 20 heavy (non-hydrogen) atoms. The zero-order chi connectivity index (χ0) is 14.7. The van der Waals surface area contributed by atoms with E-state index in [-0.39, 0.29) is 0 Å². The molecule has 112 valence electrons. The summed E-state index contributed by atoms with van der Waals surface area (Å²) in [5, 5.41) is 4.86. The number of hydrogen-bond donors (Lipinski definition) is 1. The molecule has 0 saturated carbocycles. The summed E-state index contributed by atoms with van der Waals surface area (Å²) in [5.41, 5.74) is 1.28. The number of benzene rings is 1. The highest BCUT2D eigenvalue weighted by Crippen LogP contribution is 2.37. The van der Waals surface area contributed by atoms with Crippen LogP contribution in [0.2, 0.25) is 10.0 Å². The predicted molar refractivity (Wildman–Crippen MR) is 87.7 cm³/mol. The molecule has 1 heterocycles. The first-order valence-electron chi connectivity index (χ1n) is 7.37. The second kappa shape index (κ2) is 7.13. The van der Waals surface area contributed by atoms with E-state index in [0.29, 0.717) is 28.0 Å². The van der Waals surface area contributed by atoms with Crippen LogP contribution in [0, 0.1) is 5.92 Å². The summed E-state index contributed by atoms with van der Waals surface area (Å²) in [6, 6.07) is 7.00. The van der Waals surface area contributed by atoms with Gasteiger partial charge >= 0.3 is 0 Å². The Hall–Kier alpha value is -0.280. The summed E-state index contributed by atoms with van der Waals surface area (Å²) in [4.78, 5) is 2.44. The molecule has 0 spiro atoms. The fourth-order valence-corrected chi connectivity index (χ4v) is 3.39. The van der Waals surface area contributed by atoms with Gasteiger partial charge in [-0.05, 0) is 50.0 Å². The van der Waals surface area contributed by atoms with Crippen LogP contribution < -0.4 is 5.32 Å². The van der Waals surface area contributed by atoms with Crippen molar-refractivity contribution in [2.45, 2.75) is 38.8 Å². The molecule has 0 radical (unpaired) electrons. The van der Waals surface area contributed by atoms with Gasteiger partial charge in [0, 0.05) is 18.6 Å². The summed E-state index contributed by atoms with van der Waals surface area (Å²) in [5.74, 6) is 0.619. The van der Waals surface area contributed by atoms with Crippen molar-refractivity contribution < 1.29 is 0 Å². The highest BCUT2D eigenvalue weighted by molar-refractivity contribution is 6.42. The quantitative estimate of drug-likeness (QED) is 0.887. The van der Waals surface area contributed by atoms with Crippen molar-refractivity contribution in [2.75, 3.05) is 20.1 Å². The van der Waals surface area contributed by atoms with Crippen LogP contribution in [-0.4, -0.2) is 31.1 Å². The third-order valence-corrected chi connectivity index (χ3v) is 4.82. The molecule has 1 fully saturated rings. The van der Waals surface area contributed by atoms with Crippen molar-refractivity contribution in [1.82, 2.24) is 10.2 Å². The maximum Gasteiger partial charge on any atom is 0.0595 e. The predicted octanol–water partition coefficient (Wildman–Crippen LogP) is 4.37. The standard InChI is InChI=1S/C16H24Cl2N2/c1-11(2)19-10-13-5-4-8-20(3)16(13)12-6-7-14(17)15(18)9-12/h6-7,9,11,13,16,19H,4-5,8,10H2,1-3H3. The first-order chi connectivity index (χ1) is 9.49. The van der Waals surface area contributed by atoms with Crippen molar-refractivity contribution in [3.63, 3.8) is 0 Å². The van der Waals surface area contributed by atoms with E-state index in [1.54, 1.807) is 0 Å². The Morgan fingerprint density at radius 1 is 1.30 bits per heavy atom. The number of hydrogen-bond acceptors (Lipinski definition) is 2. The molecule has 1 aromatic rings. The molecule has 1 aliphatic rings. The van der Waals surface area contributed by atoms with Gasteiger partial charge in [0.05, 0.1) is 10.0 Å². The molecule has 0 aliphatic carbocycles. The van der Waals surface area contributed by atoms with Crippen LogP contribution >= 0.6 is 23.2 Å². The molecule has 1 saturated heterocycles. The van der Waals surface area contributed by atoms with Gasteiger partial charge in [-0.15, -0.1) is 0 Å². The third kappa shape index (κ3) is 3.88. The first kappa shape index (κ1) is 16.1. The van der Waals surface area contributed by atoms with Crippen LogP contribution in [0.4, 0.5) is 0 Å². The maximum absolute atomic E-state index is 6.19. The summed E-state index contributed by atoms with van der Waals surface area (Å²) < 4.78 is 0. The lowest BCUT2D eigenvalue weighted by atomic mass is 9.85. The Morgan fingerprint density at radius 2 is 2.05 bits per heavy atom. The van der Waals surface area contributed by atoms with Crippen molar-refractivity contribution in [3.8, 4) is 0 Å². The lowest BCUT2D eigenvalue weighted by Crippen LogP contribution is -2.41. The zero-order valence-electron chi connectivity index (χ0n) is 12.5. The summed E-state index contributed by atoms with van der Waals surface area (Å²) in [6.45, 7) is 6.58. The van der Waals surface area contributed by atoms with E-state index in [1.165, 1.54) is 18.4 Å². The second-order valence-electron chi connectivity index (χ2n) is 6.06. The Balaban J connectivity index is 2.20. The molecule has 1 aromatic carbocycles. The van der Waals surface area contributed by atoms with Gasteiger partial charge < -0.3 is 5.32 Å². The third-order valence-electron chi connectivity index (χ3n) is 4.08. The molecule has 0 amide bonds. The molecule has 1 N–H and O–H groups in total. The highest BCUT2D eigenvalue weighted by Gasteiger charge is 2.30. The molecule has 0 aromatic heterocycles. The number of rotatable bonds is 4. The molecule has 2 nitrogen and oxygen atoms in total. The number of likely N-dealkylation sites (tertiary alicyclic amines) is 1. The monoisotopic (exact) mass is 314 g/mol. The van der Waals surface area contributed by atoms with Crippen molar-refractivity contribution >= 4 is 23.2 Å². The minimum atomic E-state index is 0.421. The molecule has 1 aliphatic heterocycles. The first-order valence-corrected chi connectivity index (χ1v) is 8.13. The molecule has 4 heteroatoms. The molecule has 0 bridgehead atoms. The van der Waals surface area contributed by atoms with Crippen LogP contribution in [0.3, 0.4) is 0 Å². The van der Waals surface area contributed by atoms with E-state index in [4.69, 9.17) is 23.2 Å². The van der Waals surface area contributed by atoms with Crippen LogP contribution in [0.15, 0.2) is 18.2 Å². The molecule has 2 unspecified atom stereocenters. The van der Waals surface area contributed by atoms with E-state index in [2.05, 4.69) is 37.2 Å². The van der Waals surface area contributed by atoms with Crippen molar-refractivity contribution in [1.29, 1.82) is 0 Å². The zero-order valence-corrected chi connectivity index (χ0v) is 14.0. The normalized spacial score (nSPS) is 24.3. The minimum Gasteiger partial charge on any atom is -0.314 e. The fourth-order valence-electron chi connectivity index (χ4n) is 3.08. The number of piperidine rings is 1. The Kier molecular flexibility index (Phi) is 5.74. The van der Waals surface area contributed by atoms with Crippen LogP contribution in [0.1, 0.15) is 38.3 Å². The van der Waals surface area contributed by atoms with Gasteiger partial charge in [-0.1, -0.05) is 43.1 Å². The average molecular weight is 315 g/mol. The average Bonchev–Trinajstić information content (AvgIpc) is 2.40. The highest BCUT2D eigenvalue weighted by atomic mass is 35.5. The lowest BCUT2D eigenvalue weighted by Gasteiger charge is -2.40. The van der Waals surface area contributed by atoms with Gasteiger partial charge in [0.1, 0.15) is 0 Å². The van der Waals surface area contributed by atoms with E-state index in [0.717, 1.165) is 13.1 Å². The van der Waals surface area contributed by atoms with Gasteiger partial charge in [0.25, 0.3) is 0 Å². The minimum absolute atomic E-state index is 0.421. The van der Waals surface area contributed by atoms with E-state index >= 15 is 0 Å². The number of nitrogens with one attached hydrogen (secondary N) is 1. The molecular weight excluding hydrogens is 291 g/mol. The number of nitrogens with zero attached hydrogens (tertiary/aromatic N) is 1. The largest absolute Gasteiger partial charge is 0.314 e. The van der Waals surface area contributed by atoms with Crippen LogP contribution in [0.5, 0.6) is 0 Å². The second-order valence-corrected chi connectivity index (χ2v) is 6.88. The topological polar surface area (TPSA) is 15.3 Å². The summed E-state index contributed by atoms with van der Waals surface area (Å²) in [6.07, 6.45) is 2.52. The van der Waals surface area contributed by atoms with Crippen molar-refractivity contribution in [3.05, 3.63) is 33.8 Å². The SMILES string of the molecule is CC(C)NCC1CCCN(C)C1c1ccc(Cl)c(Cl)c1. The van der Waals surface area contributed by atoms with Crippen molar-refractivity contribution in [2.24, 2.45) is 5.92 Å². The maximum atomic E-state index is 6.19. The van der Waals surface area contributed by atoms with E-state index in [9.17, 15) is 0 Å². The van der Waals surface area contributed by atoms with Gasteiger partial charge in [-0.3, -0.25) is 4.90 Å². The van der Waals surface area contributed by atoms with Crippen LogP contribution in [-0.2, 0) is 0 Å². The van der Waals surface area contributed by atoms with Gasteiger partial charge in [0.2, 0.25) is 0 Å². The molecule has 2 atom stereocenters. The Morgan fingerprint density at radius 3 is 2.70 bits per heavy atom. The van der Waals surface area contributed by atoms with E-state index in [1.807, 2.05) is 12.1 Å². The molecule has 2 rings (SSSR count).